The fourth-order valence-electron chi connectivity index (χ4n) is 16.1. The molecule has 0 radical (unpaired) electrons. The van der Waals surface area contributed by atoms with Crippen molar-refractivity contribution in [2.45, 2.75) is 81.5 Å². The van der Waals surface area contributed by atoms with Crippen molar-refractivity contribution < 1.29 is 0 Å². The number of hydrogen-bond donors (Lipinski definition) is 0. The lowest BCUT2D eigenvalue weighted by Crippen LogP contribution is -2.60. The minimum absolute atomic E-state index is 0.158. The first-order valence-electron chi connectivity index (χ1n) is 25.7. The van der Waals surface area contributed by atoms with Crippen LogP contribution in [0.2, 0.25) is 0 Å². The monoisotopic (exact) mass is 880 g/mol. The number of aryl methyl sites for hydroxylation is 1. The van der Waals surface area contributed by atoms with E-state index in [-0.39, 0.29) is 11.3 Å². The molecule has 6 aliphatic carbocycles. The molecule has 5 fully saturated rings. The smallest absolute Gasteiger partial charge is 0.0361 e. The van der Waals surface area contributed by atoms with Gasteiger partial charge >= 0.3 is 0 Å². The van der Waals surface area contributed by atoms with Crippen molar-refractivity contribution in [1.29, 1.82) is 0 Å². The zero-order valence-corrected chi connectivity index (χ0v) is 39.1. The summed E-state index contributed by atoms with van der Waals surface area (Å²) in [5, 5.41) is 2.75. The van der Waals surface area contributed by atoms with E-state index in [2.05, 4.69) is 182 Å². The highest BCUT2D eigenvalue weighted by molar-refractivity contribution is 7.25. The Morgan fingerprint density at radius 3 is 1.94 bits per heavy atom. The largest absolute Gasteiger partial charge is 0.135 e. The normalized spacial score (nSPS) is 24.9. The average Bonchev–Trinajstić information content (AvgIpc) is 4.21. The van der Waals surface area contributed by atoms with Gasteiger partial charge in [-0.1, -0.05) is 177 Å². The molecule has 0 N–H and O–H groups in total. The van der Waals surface area contributed by atoms with Crippen LogP contribution in [-0.4, -0.2) is 0 Å². The summed E-state index contributed by atoms with van der Waals surface area (Å²) in [6.07, 6.45) is 13.2. The van der Waals surface area contributed by atoms with Crippen molar-refractivity contribution >= 4 is 31.5 Å². The predicted molar refractivity (Wildman–Crippen MR) is 281 cm³/mol. The zero-order valence-electron chi connectivity index (χ0n) is 38.3. The molecule has 6 aliphatic rings. The first-order chi connectivity index (χ1) is 33.1. The van der Waals surface area contributed by atoms with Crippen molar-refractivity contribution in [3.8, 4) is 44.5 Å². The molecular formula is C66H56S. The molecule has 0 nitrogen and oxygen atoms in total. The van der Waals surface area contributed by atoms with Gasteiger partial charge in [0.15, 0.2) is 0 Å². The maximum atomic E-state index is 2.66. The Labute approximate surface area is 399 Å². The van der Waals surface area contributed by atoms with E-state index in [4.69, 9.17) is 0 Å². The van der Waals surface area contributed by atoms with Crippen LogP contribution in [-0.2, 0) is 11.8 Å². The molecule has 0 amide bonds. The van der Waals surface area contributed by atoms with Crippen LogP contribution in [0.15, 0.2) is 182 Å². The Balaban J connectivity index is 0.792. The summed E-state index contributed by atoms with van der Waals surface area (Å²) in [4.78, 5) is 0. The van der Waals surface area contributed by atoms with Crippen LogP contribution in [0.1, 0.15) is 103 Å². The summed E-state index contributed by atoms with van der Waals surface area (Å²) >= 11 is 1.98. The zero-order chi connectivity index (χ0) is 43.8. The highest BCUT2D eigenvalue weighted by Gasteiger charge is 2.76. The third-order valence-electron chi connectivity index (χ3n) is 19.1. The molecule has 7 atom stereocenters. The van der Waals surface area contributed by atoms with Crippen LogP contribution < -0.4 is 0 Å². The van der Waals surface area contributed by atoms with Crippen molar-refractivity contribution in [3.05, 3.63) is 215 Å². The number of hydrogen-bond acceptors (Lipinski definition) is 1. The second-order valence-corrected chi connectivity index (χ2v) is 22.9. The molecule has 1 heteroatoms. The van der Waals surface area contributed by atoms with Gasteiger partial charge in [-0.25, -0.2) is 0 Å². The van der Waals surface area contributed by atoms with Crippen LogP contribution in [0, 0.1) is 29.1 Å². The molecule has 9 aromatic rings. The van der Waals surface area contributed by atoms with E-state index in [1.807, 2.05) is 11.3 Å². The molecule has 0 aliphatic heterocycles. The SMILES string of the molecule is c1ccc(-c2ccc(CCC(c3ccc4c(c3)C3(CCCC3)c3ccccc3-4)c3ccc4c(c3)sc3cc(-c5ccc([C@H]6[C@@H]7C[C@H]8CC9C[C@@H]6[C@@]98C7)c(-c6ccccc6)c5)ccc34)cc2)cc1. The Kier molecular flexibility index (Phi) is 8.58. The third-order valence-corrected chi connectivity index (χ3v) is 20.2. The summed E-state index contributed by atoms with van der Waals surface area (Å²) in [6.45, 7) is 0. The minimum atomic E-state index is 0.158. The lowest BCUT2D eigenvalue weighted by atomic mass is 9.37. The Morgan fingerprint density at radius 1 is 0.493 bits per heavy atom. The van der Waals surface area contributed by atoms with E-state index >= 15 is 0 Å². The van der Waals surface area contributed by atoms with E-state index < -0.39 is 0 Å². The van der Waals surface area contributed by atoms with Crippen molar-refractivity contribution in [2.24, 2.45) is 29.1 Å². The topological polar surface area (TPSA) is 0 Å². The van der Waals surface area contributed by atoms with E-state index in [0.29, 0.717) is 0 Å². The van der Waals surface area contributed by atoms with Gasteiger partial charge in [-0.2, -0.15) is 0 Å². The Morgan fingerprint density at radius 2 is 1.13 bits per heavy atom. The molecule has 326 valence electrons. The highest BCUT2D eigenvalue weighted by Crippen LogP contribution is 2.84. The van der Waals surface area contributed by atoms with Gasteiger partial charge < -0.3 is 0 Å². The summed E-state index contributed by atoms with van der Waals surface area (Å²) in [6, 6.07) is 70.7. The van der Waals surface area contributed by atoms with Crippen LogP contribution in [0.5, 0.6) is 0 Å². The van der Waals surface area contributed by atoms with Crippen molar-refractivity contribution in [2.75, 3.05) is 0 Å². The highest BCUT2D eigenvalue weighted by atomic mass is 32.1. The van der Waals surface area contributed by atoms with E-state index in [0.717, 1.165) is 47.8 Å². The van der Waals surface area contributed by atoms with Gasteiger partial charge in [0.1, 0.15) is 0 Å². The summed E-state index contributed by atoms with van der Waals surface area (Å²) in [5.74, 6) is 4.90. The predicted octanol–water partition coefficient (Wildman–Crippen LogP) is 17.8. The van der Waals surface area contributed by atoms with Crippen molar-refractivity contribution in [1.82, 2.24) is 0 Å². The second kappa shape index (κ2) is 14.7. The molecule has 8 aromatic carbocycles. The van der Waals surface area contributed by atoms with Gasteiger partial charge in [0.2, 0.25) is 0 Å². The van der Waals surface area contributed by atoms with Crippen LogP contribution in [0.3, 0.4) is 0 Å². The number of thiophene rings is 1. The lowest BCUT2D eigenvalue weighted by Gasteiger charge is -2.68. The molecule has 1 aromatic heterocycles. The fourth-order valence-corrected chi connectivity index (χ4v) is 17.3. The van der Waals surface area contributed by atoms with E-state index in [1.165, 1.54) is 133 Å². The molecule has 67 heavy (non-hydrogen) atoms. The maximum absolute atomic E-state index is 2.66. The molecule has 2 spiro atoms. The Bertz CT molecular complexity index is 3400. The molecule has 15 rings (SSSR count). The van der Waals surface area contributed by atoms with Crippen molar-refractivity contribution in [3.63, 3.8) is 0 Å². The summed E-state index contributed by atoms with van der Waals surface area (Å²) < 4.78 is 2.78. The number of benzene rings is 8. The van der Waals surface area contributed by atoms with Gasteiger partial charge in [-0.3, -0.25) is 0 Å². The quantitative estimate of drug-likeness (QED) is 0.135. The van der Waals surface area contributed by atoms with Crippen LogP contribution >= 0.6 is 11.3 Å². The first-order valence-corrected chi connectivity index (χ1v) is 26.5. The third kappa shape index (κ3) is 5.71. The van der Waals surface area contributed by atoms with Gasteiger partial charge in [-0.05, 0) is 182 Å². The van der Waals surface area contributed by atoms with Crippen LogP contribution in [0.4, 0.5) is 0 Å². The molecular weight excluding hydrogens is 825 g/mol. The summed E-state index contributed by atoms with van der Waals surface area (Å²) in [7, 11) is 0. The Hall–Kier alpha value is -6.02. The fraction of sp³-hybridized carbons (Fsp3) is 0.273. The number of fused-ring (bicyclic) bond motifs is 9. The average molecular weight is 881 g/mol. The van der Waals surface area contributed by atoms with Gasteiger partial charge in [-0.15, -0.1) is 11.3 Å². The second-order valence-electron chi connectivity index (χ2n) is 21.8. The molecule has 5 saturated carbocycles. The van der Waals surface area contributed by atoms with Gasteiger partial charge in [0.25, 0.3) is 0 Å². The minimum Gasteiger partial charge on any atom is -0.135 e. The summed E-state index contributed by atoms with van der Waals surface area (Å²) in [5.41, 5.74) is 21.0. The molecule has 0 saturated heterocycles. The van der Waals surface area contributed by atoms with E-state index in [9.17, 15) is 0 Å². The van der Waals surface area contributed by atoms with Crippen LogP contribution in [0.25, 0.3) is 64.7 Å². The number of rotatable bonds is 9. The molecule has 2 bridgehead atoms. The standard InChI is InChI=1S/C66H56S/c1-3-11-42(12-4-1)43-20-17-41(18-21-43)19-26-52(47-24-27-54-53-15-7-8-16-59(53)65(60(54)35-47)31-9-10-32-65)48-25-29-56-55-28-22-46(36-62(55)67-63(56)37-48)45-23-30-57(58(34-45)44-13-5-2-6-14-44)64-49-33-50-38-51-39-61(64)66(50,51)40-49/h1-8,11-18,20-25,27-30,34-37,49-52,61,64H,9-10,19,26,31-33,38-40H2/t49-,50+,51?,52?,61+,64-,66-/m1/s1. The van der Waals surface area contributed by atoms with Gasteiger partial charge in [0.05, 0.1) is 0 Å². The first kappa shape index (κ1) is 39.0. The lowest BCUT2D eigenvalue weighted by molar-refractivity contribution is -0.181. The van der Waals surface area contributed by atoms with E-state index in [1.54, 1.807) is 16.7 Å². The molecule has 1 heterocycles. The molecule has 2 unspecified atom stereocenters. The van der Waals surface area contributed by atoms with Gasteiger partial charge in [0, 0.05) is 31.5 Å². The maximum Gasteiger partial charge on any atom is 0.0361 e.